The molecule has 18 heavy (non-hydrogen) atoms. The summed E-state index contributed by atoms with van der Waals surface area (Å²) in [5.41, 5.74) is 0.313. The summed E-state index contributed by atoms with van der Waals surface area (Å²) in [6.45, 7) is 3.16. The third-order valence-electron chi connectivity index (χ3n) is 3.85. The number of benzene rings is 1. The largest absolute Gasteiger partial charge is 0.459 e. The number of esters is 2. The fourth-order valence-corrected chi connectivity index (χ4v) is 3.13. The number of fused-ring (bicyclic) bond motifs is 3. The zero-order valence-electron chi connectivity index (χ0n) is 10.3. The van der Waals surface area contributed by atoms with Crippen LogP contribution in [0.2, 0.25) is 0 Å². The minimum absolute atomic E-state index is 0.104. The normalized spacial score (nSPS) is 32.7. The van der Waals surface area contributed by atoms with E-state index in [1.54, 1.807) is 13.0 Å². The second-order valence-corrected chi connectivity index (χ2v) is 5.15. The second kappa shape index (κ2) is 3.57. The zero-order chi connectivity index (χ0) is 12.9. The lowest BCUT2D eigenvalue weighted by atomic mass is 9.58. The Morgan fingerprint density at radius 2 is 2.17 bits per heavy atom. The molecule has 0 spiro atoms. The van der Waals surface area contributed by atoms with Crippen LogP contribution in [0.3, 0.4) is 0 Å². The van der Waals surface area contributed by atoms with Crippen LogP contribution in [0.25, 0.3) is 0 Å². The molecule has 94 valence electrons. The van der Waals surface area contributed by atoms with E-state index in [-0.39, 0.29) is 23.8 Å². The first-order valence-electron chi connectivity index (χ1n) is 6.01. The first kappa shape index (κ1) is 11.3. The number of rotatable bonds is 1. The first-order chi connectivity index (χ1) is 8.51. The van der Waals surface area contributed by atoms with Gasteiger partial charge in [-0.2, -0.15) is 0 Å². The van der Waals surface area contributed by atoms with E-state index in [1.165, 1.54) is 6.92 Å². The molecule has 1 saturated carbocycles. The quantitative estimate of drug-likeness (QED) is 0.562. The van der Waals surface area contributed by atoms with Crippen LogP contribution in [0.1, 0.15) is 31.7 Å². The van der Waals surface area contributed by atoms with Gasteiger partial charge in [-0.25, -0.2) is 0 Å². The highest BCUT2D eigenvalue weighted by atomic mass is 16.6. The Balaban J connectivity index is 1.94. The minimum atomic E-state index is -0.721. The van der Waals surface area contributed by atoms with Crippen molar-refractivity contribution in [2.75, 3.05) is 0 Å². The van der Waals surface area contributed by atoms with Gasteiger partial charge in [0.2, 0.25) is 0 Å². The average Bonchev–Trinajstić information content (AvgIpc) is 2.25. The van der Waals surface area contributed by atoms with Crippen molar-refractivity contribution in [3.63, 3.8) is 0 Å². The van der Waals surface area contributed by atoms with Crippen molar-refractivity contribution < 1.29 is 19.1 Å². The van der Waals surface area contributed by atoms with Crippen molar-refractivity contribution in [1.29, 1.82) is 0 Å². The van der Waals surface area contributed by atoms with Gasteiger partial charge in [-0.1, -0.05) is 18.2 Å². The summed E-state index contributed by atoms with van der Waals surface area (Å²) in [5, 5.41) is 0. The summed E-state index contributed by atoms with van der Waals surface area (Å²) >= 11 is 0. The molecule has 0 aromatic heterocycles. The van der Waals surface area contributed by atoms with Crippen molar-refractivity contribution in [3.05, 3.63) is 29.8 Å². The lowest BCUT2D eigenvalue weighted by Gasteiger charge is -2.52. The standard InChI is InChI=1S/C14H14O4/c1-8(15)18-14(2)7-10-9-5-3-4-6-11(9)17-13(16)12(10)14/h3-6,10,12H,7H2,1-2H3. The highest BCUT2D eigenvalue weighted by molar-refractivity contribution is 5.83. The number of ether oxygens (including phenoxy) is 2. The van der Waals surface area contributed by atoms with E-state index in [2.05, 4.69) is 0 Å². The van der Waals surface area contributed by atoms with Gasteiger partial charge in [-0.05, 0) is 25.0 Å². The van der Waals surface area contributed by atoms with Gasteiger partial charge < -0.3 is 9.47 Å². The van der Waals surface area contributed by atoms with E-state index in [4.69, 9.17) is 9.47 Å². The predicted octanol–water partition coefficient (Wildman–Crippen LogP) is 2.03. The number of para-hydroxylation sites is 1. The molecule has 3 rings (SSSR count). The van der Waals surface area contributed by atoms with Gasteiger partial charge in [0, 0.05) is 12.8 Å². The van der Waals surface area contributed by atoms with Gasteiger partial charge >= 0.3 is 11.9 Å². The molecule has 1 aromatic rings. The third-order valence-corrected chi connectivity index (χ3v) is 3.85. The molecule has 1 heterocycles. The van der Waals surface area contributed by atoms with Gasteiger partial charge in [0.15, 0.2) is 0 Å². The summed E-state index contributed by atoms with van der Waals surface area (Å²) in [7, 11) is 0. The van der Waals surface area contributed by atoms with Crippen LogP contribution in [0.15, 0.2) is 24.3 Å². The summed E-state index contributed by atoms with van der Waals surface area (Å²) in [4.78, 5) is 23.1. The van der Waals surface area contributed by atoms with Crippen LogP contribution in [0, 0.1) is 5.92 Å². The SMILES string of the molecule is CC(=O)OC1(C)CC2c3ccccc3OC(=O)C21. The molecule has 0 N–H and O–H groups in total. The topological polar surface area (TPSA) is 52.6 Å². The minimum Gasteiger partial charge on any atom is -0.459 e. The number of hydrogen-bond acceptors (Lipinski definition) is 4. The summed E-state index contributed by atoms with van der Waals surface area (Å²) < 4.78 is 10.6. The lowest BCUT2D eigenvalue weighted by molar-refractivity contribution is -0.191. The molecule has 4 nitrogen and oxygen atoms in total. The Morgan fingerprint density at radius 1 is 1.44 bits per heavy atom. The Labute approximate surface area is 105 Å². The van der Waals surface area contributed by atoms with Gasteiger partial charge in [-0.3, -0.25) is 9.59 Å². The van der Waals surface area contributed by atoms with Crippen molar-refractivity contribution in [1.82, 2.24) is 0 Å². The van der Waals surface area contributed by atoms with Crippen LogP contribution < -0.4 is 4.74 Å². The molecule has 0 amide bonds. The highest BCUT2D eigenvalue weighted by Crippen LogP contribution is 2.56. The van der Waals surface area contributed by atoms with Gasteiger partial charge in [0.1, 0.15) is 17.3 Å². The Hall–Kier alpha value is -1.84. The Bertz CT molecular complexity index is 536. The van der Waals surface area contributed by atoms with Crippen LogP contribution >= 0.6 is 0 Å². The van der Waals surface area contributed by atoms with Crippen molar-refractivity contribution in [2.24, 2.45) is 5.92 Å². The van der Waals surface area contributed by atoms with Crippen LogP contribution in [0.5, 0.6) is 5.75 Å². The molecule has 3 atom stereocenters. The van der Waals surface area contributed by atoms with E-state index < -0.39 is 5.60 Å². The maximum Gasteiger partial charge on any atom is 0.319 e. The summed E-state index contributed by atoms with van der Waals surface area (Å²) in [6.07, 6.45) is 0.670. The molecule has 2 aliphatic rings. The predicted molar refractivity (Wildman–Crippen MR) is 63.1 cm³/mol. The fraction of sp³-hybridized carbons (Fsp3) is 0.429. The fourth-order valence-electron chi connectivity index (χ4n) is 3.13. The van der Waals surface area contributed by atoms with Gasteiger partial charge in [0.25, 0.3) is 0 Å². The molecule has 0 bridgehead atoms. The summed E-state index contributed by atoms with van der Waals surface area (Å²) in [6, 6.07) is 7.53. The molecular formula is C14H14O4. The molecule has 0 radical (unpaired) electrons. The van der Waals surface area contributed by atoms with Crippen LogP contribution in [-0.4, -0.2) is 17.5 Å². The highest BCUT2D eigenvalue weighted by Gasteiger charge is 2.61. The average molecular weight is 246 g/mol. The second-order valence-electron chi connectivity index (χ2n) is 5.15. The monoisotopic (exact) mass is 246 g/mol. The molecule has 1 aliphatic heterocycles. The van der Waals surface area contributed by atoms with E-state index in [0.717, 1.165) is 5.56 Å². The van der Waals surface area contributed by atoms with E-state index in [0.29, 0.717) is 12.2 Å². The molecule has 4 heteroatoms. The van der Waals surface area contributed by atoms with Gasteiger partial charge in [0.05, 0.1) is 0 Å². The molecule has 1 aromatic carbocycles. The number of carbonyl (C=O) groups excluding carboxylic acids is 2. The van der Waals surface area contributed by atoms with Crippen molar-refractivity contribution >= 4 is 11.9 Å². The molecule has 1 aliphatic carbocycles. The van der Waals surface area contributed by atoms with Crippen LogP contribution in [-0.2, 0) is 14.3 Å². The molecular weight excluding hydrogens is 232 g/mol. The van der Waals surface area contributed by atoms with Crippen LogP contribution in [0.4, 0.5) is 0 Å². The smallest absolute Gasteiger partial charge is 0.319 e. The Kier molecular flexibility index (Phi) is 2.24. The zero-order valence-corrected chi connectivity index (χ0v) is 10.3. The maximum absolute atomic E-state index is 12.0. The van der Waals surface area contributed by atoms with Crippen molar-refractivity contribution in [3.8, 4) is 5.75 Å². The van der Waals surface area contributed by atoms with Crippen molar-refractivity contribution in [2.45, 2.75) is 31.8 Å². The summed E-state index contributed by atoms with van der Waals surface area (Å²) in [5.74, 6) is -0.298. The van der Waals surface area contributed by atoms with E-state index >= 15 is 0 Å². The maximum atomic E-state index is 12.0. The lowest BCUT2D eigenvalue weighted by Crippen LogP contribution is -2.59. The van der Waals surface area contributed by atoms with Gasteiger partial charge in [-0.15, -0.1) is 0 Å². The Morgan fingerprint density at radius 3 is 2.89 bits per heavy atom. The number of carbonyl (C=O) groups is 2. The van der Waals surface area contributed by atoms with E-state index in [1.807, 2.05) is 18.2 Å². The van der Waals surface area contributed by atoms with E-state index in [9.17, 15) is 9.59 Å². The third kappa shape index (κ3) is 1.45. The molecule has 0 saturated heterocycles. The first-order valence-corrected chi connectivity index (χ1v) is 6.01. The molecule has 1 fully saturated rings. The molecule has 3 unspecified atom stereocenters. The number of hydrogen-bond donors (Lipinski definition) is 0.